The van der Waals surface area contributed by atoms with Gasteiger partial charge in [0.1, 0.15) is 0 Å². The van der Waals surface area contributed by atoms with E-state index in [1.165, 1.54) is 12.1 Å². The first kappa shape index (κ1) is 16.4. The van der Waals surface area contributed by atoms with Crippen molar-refractivity contribution in [1.82, 2.24) is 5.32 Å². The first-order valence-electron chi connectivity index (χ1n) is 5.94. The minimum absolute atomic E-state index is 0.0584. The number of halogens is 1. The SMILES string of the molecule is C=C(C)COCCNC(=O)c1cc(Br)cc(C(=O)O)c1. The summed E-state index contributed by atoms with van der Waals surface area (Å²) in [6.45, 7) is 6.73. The van der Waals surface area contributed by atoms with Crippen molar-refractivity contribution in [2.24, 2.45) is 0 Å². The summed E-state index contributed by atoms with van der Waals surface area (Å²) in [5.74, 6) is -1.42. The Balaban J connectivity index is 2.55. The van der Waals surface area contributed by atoms with Gasteiger partial charge >= 0.3 is 5.97 Å². The minimum Gasteiger partial charge on any atom is -0.478 e. The monoisotopic (exact) mass is 341 g/mol. The van der Waals surface area contributed by atoms with Crippen LogP contribution < -0.4 is 5.32 Å². The van der Waals surface area contributed by atoms with E-state index in [1.54, 1.807) is 6.07 Å². The number of hydrogen-bond acceptors (Lipinski definition) is 3. The molecule has 6 heteroatoms. The second-order valence-corrected chi connectivity index (χ2v) is 5.22. The van der Waals surface area contributed by atoms with Crippen LogP contribution in [0.2, 0.25) is 0 Å². The van der Waals surface area contributed by atoms with Crippen LogP contribution in [0.4, 0.5) is 0 Å². The Morgan fingerprint density at radius 2 is 2.00 bits per heavy atom. The summed E-state index contributed by atoms with van der Waals surface area (Å²) in [6, 6.07) is 4.34. The molecule has 2 N–H and O–H groups in total. The first-order chi connectivity index (χ1) is 9.40. The molecule has 0 spiro atoms. The van der Waals surface area contributed by atoms with Crippen molar-refractivity contribution in [2.45, 2.75) is 6.92 Å². The van der Waals surface area contributed by atoms with Gasteiger partial charge in [-0.25, -0.2) is 4.79 Å². The molecule has 5 nitrogen and oxygen atoms in total. The highest BCUT2D eigenvalue weighted by Crippen LogP contribution is 2.16. The lowest BCUT2D eigenvalue weighted by atomic mass is 10.1. The van der Waals surface area contributed by atoms with E-state index in [1.807, 2.05) is 6.92 Å². The van der Waals surface area contributed by atoms with Crippen molar-refractivity contribution >= 4 is 27.8 Å². The molecule has 1 amide bonds. The lowest BCUT2D eigenvalue weighted by molar-refractivity contribution is 0.0697. The maximum Gasteiger partial charge on any atom is 0.335 e. The van der Waals surface area contributed by atoms with Gasteiger partial charge in [0.15, 0.2) is 0 Å². The van der Waals surface area contributed by atoms with E-state index in [-0.39, 0.29) is 17.0 Å². The number of hydrogen-bond donors (Lipinski definition) is 2. The van der Waals surface area contributed by atoms with Gasteiger partial charge in [0, 0.05) is 16.6 Å². The molecule has 0 saturated heterocycles. The molecule has 0 aromatic heterocycles. The number of aromatic carboxylic acids is 1. The molecular formula is C14H16BrNO4. The lowest BCUT2D eigenvalue weighted by Gasteiger charge is -2.07. The van der Waals surface area contributed by atoms with Gasteiger partial charge in [-0.3, -0.25) is 4.79 Å². The molecule has 0 saturated carbocycles. The predicted molar refractivity (Wildman–Crippen MR) is 79.1 cm³/mol. The highest BCUT2D eigenvalue weighted by Gasteiger charge is 2.11. The van der Waals surface area contributed by atoms with Crippen LogP contribution in [0.1, 0.15) is 27.6 Å². The number of benzene rings is 1. The smallest absolute Gasteiger partial charge is 0.335 e. The zero-order valence-electron chi connectivity index (χ0n) is 11.1. The molecule has 0 aliphatic rings. The summed E-state index contributed by atoms with van der Waals surface area (Å²) < 4.78 is 5.79. The summed E-state index contributed by atoms with van der Waals surface area (Å²) >= 11 is 3.18. The minimum atomic E-state index is -1.08. The normalized spacial score (nSPS) is 10.1. The van der Waals surface area contributed by atoms with E-state index in [0.717, 1.165) is 5.57 Å². The van der Waals surface area contributed by atoms with Crippen LogP contribution >= 0.6 is 15.9 Å². The Labute approximate surface area is 125 Å². The van der Waals surface area contributed by atoms with Crippen LogP contribution in [0.3, 0.4) is 0 Å². The largest absolute Gasteiger partial charge is 0.478 e. The number of carbonyl (C=O) groups excluding carboxylic acids is 1. The third-order valence-corrected chi connectivity index (χ3v) is 2.75. The molecule has 1 rings (SSSR count). The Bertz CT molecular complexity index is 528. The van der Waals surface area contributed by atoms with Gasteiger partial charge in [0.25, 0.3) is 5.91 Å². The molecule has 0 radical (unpaired) electrons. The number of carbonyl (C=O) groups is 2. The van der Waals surface area contributed by atoms with Gasteiger partial charge in [-0.2, -0.15) is 0 Å². The van der Waals surface area contributed by atoms with Crippen molar-refractivity contribution in [2.75, 3.05) is 19.8 Å². The van der Waals surface area contributed by atoms with E-state index in [4.69, 9.17) is 9.84 Å². The second-order valence-electron chi connectivity index (χ2n) is 4.30. The van der Waals surface area contributed by atoms with E-state index in [0.29, 0.717) is 24.2 Å². The lowest BCUT2D eigenvalue weighted by Crippen LogP contribution is -2.27. The number of carboxylic acids is 1. The highest BCUT2D eigenvalue weighted by molar-refractivity contribution is 9.10. The zero-order chi connectivity index (χ0) is 15.1. The highest BCUT2D eigenvalue weighted by atomic mass is 79.9. The molecule has 0 aliphatic heterocycles. The fourth-order valence-electron chi connectivity index (χ4n) is 1.43. The van der Waals surface area contributed by atoms with Gasteiger partial charge in [0.05, 0.1) is 18.8 Å². The average Bonchev–Trinajstić information content (AvgIpc) is 2.36. The maximum absolute atomic E-state index is 11.9. The van der Waals surface area contributed by atoms with E-state index < -0.39 is 5.97 Å². The van der Waals surface area contributed by atoms with Crippen LogP contribution in [0.25, 0.3) is 0 Å². The molecule has 0 aliphatic carbocycles. The predicted octanol–water partition coefficient (Wildman–Crippen LogP) is 2.47. The molecule has 0 atom stereocenters. The first-order valence-corrected chi connectivity index (χ1v) is 6.73. The molecule has 20 heavy (non-hydrogen) atoms. The van der Waals surface area contributed by atoms with Crippen molar-refractivity contribution in [1.29, 1.82) is 0 Å². The van der Waals surface area contributed by atoms with Crippen molar-refractivity contribution in [3.63, 3.8) is 0 Å². The summed E-state index contributed by atoms with van der Waals surface area (Å²) in [7, 11) is 0. The van der Waals surface area contributed by atoms with Crippen LogP contribution in [0, 0.1) is 0 Å². The third kappa shape index (κ3) is 5.54. The quantitative estimate of drug-likeness (QED) is 0.590. The molecule has 0 heterocycles. The fraction of sp³-hybridized carbons (Fsp3) is 0.286. The Hall–Kier alpha value is -1.66. The number of amides is 1. The third-order valence-electron chi connectivity index (χ3n) is 2.29. The van der Waals surface area contributed by atoms with Crippen molar-refractivity contribution < 1.29 is 19.4 Å². The second kappa shape index (κ2) is 7.81. The van der Waals surface area contributed by atoms with E-state index in [2.05, 4.69) is 27.8 Å². The standard InChI is InChI=1S/C14H16BrNO4/c1-9(2)8-20-4-3-16-13(17)10-5-11(14(18)19)7-12(15)6-10/h5-7H,1,3-4,8H2,2H3,(H,16,17)(H,18,19). The molecule has 0 unspecified atom stereocenters. The fourth-order valence-corrected chi connectivity index (χ4v) is 1.92. The molecule has 1 aromatic rings. The topological polar surface area (TPSA) is 75.6 Å². The van der Waals surface area contributed by atoms with Gasteiger partial charge in [0.2, 0.25) is 0 Å². The Morgan fingerprint density at radius 3 is 2.60 bits per heavy atom. The Morgan fingerprint density at radius 1 is 1.35 bits per heavy atom. The van der Waals surface area contributed by atoms with E-state index in [9.17, 15) is 9.59 Å². The number of nitrogens with one attached hydrogen (secondary N) is 1. The summed E-state index contributed by atoms with van der Waals surface area (Å²) in [6.07, 6.45) is 0. The number of rotatable bonds is 7. The van der Waals surface area contributed by atoms with E-state index >= 15 is 0 Å². The van der Waals surface area contributed by atoms with Gasteiger partial charge in [-0.05, 0) is 25.1 Å². The zero-order valence-corrected chi connectivity index (χ0v) is 12.7. The molecule has 0 bridgehead atoms. The summed E-state index contributed by atoms with van der Waals surface area (Å²) in [5.41, 5.74) is 1.26. The van der Waals surface area contributed by atoms with Gasteiger partial charge in [-0.15, -0.1) is 0 Å². The summed E-state index contributed by atoms with van der Waals surface area (Å²) in [4.78, 5) is 22.8. The van der Waals surface area contributed by atoms with Crippen LogP contribution in [0.5, 0.6) is 0 Å². The average molecular weight is 342 g/mol. The Kier molecular flexibility index (Phi) is 6.41. The van der Waals surface area contributed by atoms with Crippen LogP contribution in [0.15, 0.2) is 34.8 Å². The van der Waals surface area contributed by atoms with Crippen LogP contribution in [-0.4, -0.2) is 36.7 Å². The van der Waals surface area contributed by atoms with Gasteiger partial charge in [-0.1, -0.05) is 28.1 Å². The van der Waals surface area contributed by atoms with Crippen molar-refractivity contribution in [3.05, 3.63) is 46.0 Å². The molecule has 1 aromatic carbocycles. The molecule has 0 fully saturated rings. The molecule has 108 valence electrons. The van der Waals surface area contributed by atoms with Crippen molar-refractivity contribution in [3.8, 4) is 0 Å². The number of carboxylic acid groups (broad SMARTS) is 1. The van der Waals surface area contributed by atoms with Crippen LogP contribution in [-0.2, 0) is 4.74 Å². The number of ether oxygens (including phenoxy) is 1. The maximum atomic E-state index is 11.9. The molecular weight excluding hydrogens is 326 g/mol. The van der Waals surface area contributed by atoms with Gasteiger partial charge < -0.3 is 15.2 Å². The summed E-state index contributed by atoms with van der Waals surface area (Å²) in [5, 5.41) is 11.6.